The number of halogens is 2. The lowest BCUT2D eigenvalue weighted by atomic mass is 10.1. The number of rotatable bonds is 4. The molecule has 0 spiro atoms. The Bertz CT molecular complexity index is 584. The Labute approximate surface area is 120 Å². The second-order valence-electron chi connectivity index (χ2n) is 4.25. The molecule has 2 rings (SSSR count). The molecule has 2 aromatic carbocycles. The average Bonchev–Trinajstić information content (AvgIpc) is 2.39. The number of hydrogen-bond donors (Lipinski definition) is 1. The molecule has 0 aliphatic carbocycles. The van der Waals surface area contributed by atoms with Crippen LogP contribution >= 0.6 is 15.9 Å². The third kappa shape index (κ3) is 3.33. The standard InChI is InChI=1S/C15H14BrFO2/c1-10-3-2-4-11(8-18)15(10)19-9-12-5-6-13(17)7-14(12)16/h2-7,18H,8-9H2,1H3. The summed E-state index contributed by atoms with van der Waals surface area (Å²) >= 11 is 3.31. The smallest absolute Gasteiger partial charge is 0.128 e. The Morgan fingerprint density at radius 2 is 2.00 bits per heavy atom. The molecule has 0 heterocycles. The van der Waals surface area contributed by atoms with Crippen molar-refractivity contribution in [3.05, 3.63) is 63.4 Å². The summed E-state index contributed by atoms with van der Waals surface area (Å²) in [7, 11) is 0. The molecule has 1 N–H and O–H groups in total. The van der Waals surface area contributed by atoms with Crippen LogP contribution in [0.15, 0.2) is 40.9 Å². The molecule has 2 nitrogen and oxygen atoms in total. The third-order valence-corrected chi connectivity index (χ3v) is 3.59. The van der Waals surface area contributed by atoms with Crippen molar-refractivity contribution in [1.29, 1.82) is 0 Å². The minimum Gasteiger partial charge on any atom is -0.488 e. The van der Waals surface area contributed by atoms with Crippen molar-refractivity contribution >= 4 is 15.9 Å². The van der Waals surface area contributed by atoms with E-state index >= 15 is 0 Å². The molecule has 0 bridgehead atoms. The Morgan fingerprint density at radius 1 is 1.21 bits per heavy atom. The number of ether oxygens (including phenoxy) is 1. The fourth-order valence-electron chi connectivity index (χ4n) is 1.83. The first-order valence-corrected chi connectivity index (χ1v) is 6.67. The van der Waals surface area contributed by atoms with Crippen LogP contribution in [0.4, 0.5) is 4.39 Å². The minimum absolute atomic E-state index is 0.0679. The molecular weight excluding hydrogens is 311 g/mol. The maximum atomic E-state index is 13.0. The summed E-state index contributed by atoms with van der Waals surface area (Å²) in [5, 5.41) is 9.29. The van der Waals surface area contributed by atoms with Gasteiger partial charge in [-0.1, -0.05) is 40.2 Å². The molecule has 0 atom stereocenters. The number of para-hydroxylation sites is 1. The highest BCUT2D eigenvalue weighted by molar-refractivity contribution is 9.10. The van der Waals surface area contributed by atoms with Crippen LogP contribution in [0, 0.1) is 12.7 Å². The van der Waals surface area contributed by atoms with Gasteiger partial charge in [0.1, 0.15) is 18.2 Å². The van der Waals surface area contributed by atoms with Crippen LogP contribution in [-0.2, 0) is 13.2 Å². The first kappa shape index (κ1) is 14.0. The van der Waals surface area contributed by atoms with Gasteiger partial charge in [-0.15, -0.1) is 0 Å². The van der Waals surface area contributed by atoms with Crippen molar-refractivity contribution in [1.82, 2.24) is 0 Å². The summed E-state index contributed by atoms with van der Waals surface area (Å²) in [5.74, 6) is 0.392. The van der Waals surface area contributed by atoms with E-state index in [4.69, 9.17) is 4.74 Å². The van der Waals surface area contributed by atoms with Crippen molar-refractivity contribution in [2.45, 2.75) is 20.1 Å². The van der Waals surface area contributed by atoms with Crippen LogP contribution < -0.4 is 4.74 Å². The third-order valence-electron chi connectivity index (χ3n) is 2.85. The zero-order valence-electron chi connectivity index (χ0n) is 10.5. The van der Waals surface area contributed by atoms with E-state index in [-0.39, 0.29) is 12.4 Å². The molecule has 100 valence electrons. The zero-order chi connectivity index (χ0) is 13.8. The first-order valence-electron chi connectivity index (χ1n) is 5.88. The maximum Gasteiger partial charge on any atom is 0.128 e. The summed E-state index contributed by atoms with van der Waals surface area (Å²) in [5.41, 5.74) is 2.57. The summed E-state index contributed by atoms with van der Waals surface area (Å²) < 4.78 is 19.4. The van der Waals surface area contributed by atoms with Gasteiger partial charge in [0.05, 0.1) is 6.61 Å². The van der Waals surface area contributed by atoms with Gasteiger partial charge in [-0.2, -0.15) is 0 Å². The highest BCUT2D eigenvalue weighted by Gasteiger charge is 2.08. The summed E-state index contributed by atoms with van der Waals surface area (Å²) in [6, 6.07) is 10.1. The van der Waals surface area contributed by atoms with Gasteiger partial charge in [0, 0.05) is 15.6 Å². The number of aliphatic hydroxyl groups is 1. The minimum atomic E-state index is -0.289. The van der Waals surface area contributed by atoms with Crippen molar-refractivity contribution in [2.75, 3.05) is 0 Å². The summed E-state index contributed by atoms with van der Waals surface area (Å²) in [6.45, 7) is 2.18. The molecule has 4 heteroatoms. The number of benzene rings is 2. The molecule has 0 aliphatic heterocycles. The lowest BCUT2D eigenvalue weighted by Crippen LogP contribution is -2.01. The average molecular weight is 325 g/mol. The van der Waals surface area contributed by atoms with Gasteiger partial charge in [0.15, 0.2) is 0 Å². The molecule has 2 aromatic rings. The van der Waals surface area contributed by atoms with E-state index in [0.29, 0.717) is 16.8 Å². The molecule has 0 amide bonds. The highest BCUT2D eigenvalue weighted by atomic mass is 79.9. The second kappa shape index (κ2) is 6.17. The predicted molar refractivity (Wildman–Crippen MR) is 75.5 cm³/mol. The van der Waals surface area contributed by atoms with Gasteiger partial charge in [-0.25, -0.2) is 4.39 Å². The van der Waals surface area contributed by atoms with Crippen LogP contribution in [0.3, 0.4) is 0 Å². The molecule has 0 radical (unpaired) electrons. The van der Waals surface area contributed by atoms with Crippen LogP contribution in [0.25, 0.3) is 0 Å². The molecule has 19 heavy (non-hydrogen) atoms. The zero-order valence-corrected chi connectivity index (χ0v) is 12.1. The number of aliphatic hydroxyl groups excluding tert-OH is 1. The first-order chi connectivity index (χ1) is 9.11. The Kier molecular flexibility index (Phi) is 4.56. The van der Waals surface area contributed by atoms with Crippen molar-refractivity contribution in [3.63, 3.8) is 0 Å². The van der Waals surface area contributed by atoms with Crippen LogP contribution in [0.1, 0.15) is 16.7 Å². The molecule has 0 unspecified atom stereocenters. The molecule has 0 saturated heterocycles. The van der Waals surface area contributed by atoms with Crippen molar-refractivity contribution in [2.24, 2.45) is 0 Å². The molecule has 0 aliphatic rings. The van der Waals surface area contributed by atoms with Gasteiger partial charge in [0.2, 0.25) is 0 Å². The van der Waals surface area contributed by atoms with Gasteiger partial charge in [-0.05, 0) is 24.6 Å². The lowest BCUT2D eigenvalue weighted by molar-refractivity contribution is 0.257. The van der Waals surface area contributed by atoms with E-state index in [2.05, 4.69) is 15.9 Å². The fourth-order valence-corrected chi connectivity index (χ4v) is 2.30. The van der Waals surface area contributed by atoms with Crippen LogP contribution in [-0.4, -0.2) is 5.11 Å². The Morgan fingerprint density at radius 3 is 2.68 bits per heavy atom. The Balaban J connectivity index is 2.19. The van der Waals surface area contributed by atoms with Crippen molar-refractivity contribution in [3.8, 4) is 5.75 Å². The van der Waals surface area contributed by atoms with E-state index in [1.807, 2.05) is 25.1 Å². The molecule has 0 saturated carbocycles. The van der Waals surface area contributed by atoms with E-state index in [1.165, 1.54) is 12.1 Å². The highest BCUT2D eigenvalue weighted by Crippen LogP contribution is 2.26. The second-order valence-corrected chi connectivity index (χ2v) is 5.10. The van der Waals surface area contributed by atoms with Gasteiger partial charge >= 0.3 is 0 Å². The van der Waals surface area contributed by atoms with E-state index in [0.717, 1.165) is 16.7 Å². The molecule has 0 aromatic heterocycles. The SMILES string of the molecule is Cc1cccc(CO)c1OCc1ccc(F)cc1Br. The predicted octanol–water partition coefficient (Wildman–Crippen LogP) is 3.97. The summed E-state index contributed by atoms with van der Waals surface area (Å²) in [6.07, 6.45) is 0. The van der Waals surface area contributed by atoms with E-state index in [1.54, 1.807) is 6.07 Å². The monoisotopic (exact) mass is 324 g/mol. The molecular formula is C15H14BrFO2. The quantitative estimate of drug-likeness (QED) is 0.922. The lowest BCUT2D eigenvalue weighted by Gasteiger charge is -2.13. The summed E-state index contributed by atoms with van der Waals surface area (Å²) in [4.78, 5) is 0. The topological polar surface area (TPSA) is 29.5 Å². The van der Waals surface area contributed by atoms with E-state index < -0.39 is 0 Å². The van der Waals surface area contributed by atoms with Crippen molar-refractivity contribution < 1.29 is 14.2 Å². The van der Waals surface area contributed by atoms with Crippen LogP contribution in [0.2, 0.25) is 0 Å². The normalized spacial score (nSPS) is 10.5. The molecule has 0 fully saturated rings. The van der Waals surface area contributed by atoms with Gasteiger partial charge in [-0.3, -0.25) is 0 Å². The van der Waals surface area contributed by atoms with E-state index in [9.17, 15) is 9.50 Å². The van der Waals surface area contributed by atoms with Gasteiger partial charge in [0.25, 0.3) is 0 Å². The van der Waals surface area contributed by atoms with Gasteiger partial charge < -0.3 is 9.84 Å². The van der Waals surface area contributed by atoms with Crippen LogP contribution in [0.5, 0.6) is 5.75 Å². The fraction of sp³-hybridized carbons (Fsp3) is 0.200. The largest absolute Gasteiger partial charge is 0.488 e. The Hall–Kier alpha value is -1.39. The number of hydrogen-bond acceptors (Lipinski definition) is 2. The maximum absolute atomic E-state index is 13.0. The number of aryl methyl sites for hydroxylation is 1.